The number of nitrogens with zero attached hydrogens (tertiary/aromatic N) is 1. The van der Waals surface area contributed by atoms with Crippen LogP contribution >= 0.6 is 22.7 Å². The van der Waals surface area contributed by atoms with Crippen LogP contribution in [-0.4, -0.2) is 31.2 Å². The minimum Gasteiger partial charge on any atom is -0.493 e. The molecule has 2 aromatic heterocycles. The van der Waals surface area contributed by atoms with Crippen molar-refractivity contribution in [2.24, 2.45) is 0 Å². The molecule has 5 nitrogen and oxygen atoms in total. The zero-order valence-electron chi connectivity index (χ0n) is 15.2. The normalized spacial score (nSPS) is 10.8. The number of hydrogen-bond donors (Lipinski definition) is 1. The number of thiazole rings is 1. The number of benzene rings is 2. The average molecular weight is 411 g/mol. The third-order valence-electron chi connectivity index (χ3n) is 4.05. The Hall–Kier alpha value is -2.90. The van der Waals surface area contributed by atoms with E-state index in [2.05, 4.69) is 16.4 Å². The zero-order chi connectivity index (χ0) is 19.3. The molecule has 4 aromatic rings. The molecule has 2 heterocycles. The van der Waals surface area contributed by atoms with Crippen LogP contribution in [0.2, 0.25) is 0 Å². The summed E-state index contributed by atoms with van der Waals surface area (Å²) in [6.07, 6.45) is 0. The zero-order valence-corrected chi connectivity index (χ0v) is 16.8. The van der Waals surface area contributed by atoms with Crippen molar-refractivity contribution in [1.82, 2.24) is 10.3 Å². The smallest absolute Gasteiger partial charge is 0.261 e. The third-order valence-corrected chi connectivity index (χ3v) is 6.34. The Kier molecular flexibility index (Phi) is 5.55. The van der Waals surface area contributed by atoms with Gasteiger partial charge in [-0.25, -0.2) is 4.98 Å². The van der Waals surface area contributed by atoms with Gasteiger partial charge in [-0.15, -0.1) is 22.7 Å². The summed E-state index contributed by atoms with van der Waals surface area (Å²) in [5.74, 6) is 1.22. The van der Waals surface area contributed by atoms with Gasteiger partial charge >= 0.3 is 0 Å². The minimum atomic E-state index is -0.110. The molecule has 28 heavy (non-hydrogen) atoms. The molecule has 0 aliphatic heterocycles. The lowest BCUT2D eigenvalue weighted by molar-refractivity contribution is 0.0951. The first kappa shape index (κ1) is 18.5. The van der Waals surface area contributed by atoms with Gasteiger partial charge in [0.2, 0.25) is 0 Å². The average Bonchev–Trinajstić information content (AvgIpc) is 3.38. The van der Waals surface area contributed by atoms with Crippen LogP contribution < -0.4 is 14.8 Å². The number of nitrogens with one attached hydrogen (secondary N) is 1. The van der Waals surface area contributed by atoms with Gasteiger partial charge in [0.05, 0.1) is 33.6 Å². The van der Waals surface area contributed by atoms with E-state index in [1.54, 1.807) is 18.4 Å². The minimum absolute atomic E-state index is 0.110. The number of para-hydroxylation sites is 3. The van der Waals surface area contributed by atoms with Gasteiger partial charge in [-0.3, -0.25) is 4.79 Å². The number of fused-ring (bicyclic) bond motifs is 1. The first-order valence-electron chi connectivity index (χ1n) is 8.74. The van der Waals surface area contributed by atoms with E-state index in [1.807, 2.05) is 54.6 Å². The topological polar surface area (TPSA) is 60.5 Å². The Bertz CT molecular complexity index is 1070. The first-order chi connectivity index (χ1) is 13.7. The summed E-state index contributed by atoms with van der Waals surface area (Å²) in [6, 6.07) is 19.3. The number of thiophene rings is 1. The molecule has 142 valence electrons. The lowest BCUT2D eigenvalue weighted by Crippen LogP contribution is -2.27. The largest absolute Gasteiger partial charge is 0.493 e. The van der Waals surface area contributed by atoms with E-state index in [-0.39, 0.29) is 5.91 Å². The molecule has 0 bridgehead atoms. The van der Waals surface area contributed by atoms with Crippen molar-refractivity contribution in [2.75, 3.05) is 20.3 Å². The maximum absolute atomic E-state index is 12.4. The molecule has 1 amide bonds. The molecule has 0 atom stereocenters. The summed E-state index contributed by atoms with van der Waals surface area (Å²) >= 11 is 3.08. The highest BCUT2D eigenvalue weighted by Crippen LogP contribution is 2.34. The number of ether oxygens (including phenoxy) is 2. The molecule has 4 rings (SSSR count). The van der Waals surface area contributed by atoms with Crippen LogP contribution in [0.5, 0.6) is 11.5 Å². The maximum Gasteiger partial charge on any atom is 0.261 e. The fraction of sp³-hybridized carbons (Fsp3) is 0.143. The first-order valence-corrected chi connectivity index (χ1v) is 10.4. The standard InChI is InChI=1S/C21H18N2O3S2/c1-25-15-7-3-4-8-16(15)26-13-12-22-20(24)18-10-11-19(27-18)21-23-14-6-2-5-9-17(14)28-21/h2-11H,12-13H2,1H3,(H,22,24). The highest BCUT2D eigenvalue weighted by molar-refractivity contribution is 7.26. The molecule has 0 fully saturated rings. The number of aromatic nitrogens is 1. The predicted octanol–water partition coefficient (Wildman–Crippen LogP) is 4.84. The van der Waals surface area contributed by atoms with Crippen LogP contribution in [0.3, 0.4) is 0 Å². The van der Waals surface area contributed by atoms with E-state index in [9.17, 15) is 4.79 Å². The summed E-state index contributed by atoms with van der Waals surface area (Å²) in [5, 5.41) is 3.82. The van der Waals surface area contributed by atoms with Crippen LogP contribution in [0, 0.1) is 0 Å². The second-order valence-electron chi connectivity index (χ2n) is 5.91. The van der Waals surface area contributed by atoms with E-state index in [0.29, 0.717) is 29.5 Å². The Morgan fingerprint density at radius 2 is 1.79 bits per heavy atom. The Morgan fingerprint density at radius 1 is 1.00 bits per heavy atom. The van der Waals surface area contributed by atoms with Crippen molar-refractivity contribution in [2.45, 2.75) is 0 Å². The Labute approximate surface area is 170 Å². The molecule has 7 heteroatoms. The summed E-state index contributed by atoms with van der Waals surface area (Å²) in [5.41, 5.74) is 0.982. The van der Waals surface area contributed by atoms with Gasteiger partial charge < -0.3 is 14.8 Å². The van der Waals surface area contributed by atoms with Gasteiger partial charge in [-0.05, 0) is 36.4 Å². The lowest BCUT2D eigenvalue weighted by Gasteiger charge is -2.10. The number of methoxy groups -OCH3 is 1. The van der Waals surface area contributed by atoms with Gasteiger partial charge in [0.1, 0.15) is 11.6 Å². The lowest BCUT2D eigenvalue weighted by atomic mass is 10.3. The van der Waals surface area contributed by atoms with Crippen LogP contribution in [0.15, 0.2) is 60.7 Å². The molecule has 1 N–H and O–H groups in total. The fourth-order valence-electron chi connectivity index (χ4n) is 2.70. The van der Waals surface area contributed by atoms with Crippen molar-refractivity contribution < 1.29 is 14.3 Å². The number of carbonyl (C=O) groups excluding carboxylic acids is 1. The predicted molar refractivity (Wildman–Crippen MR) is 114 cm³/mol. The Morgan fingerprint density at radius 3 is 2.61 bits per heavy atom. The Balaban J connectivity index is 1.34. The highest BCUT2D eigenvalue weighted by Gasteiger charge is 2.13. The number of amides is 1. The van der Waals surface area contributed by atoms with E-state index in [0.717, 1.165) is 20.1 Å². The molecular formula is C21H18N2O3S2. The molecular weight excluding hydrogens is 392 g/mol. The maximum atomic E-state index is 12.4. The van der Waals surface area contributed by atoms with Gasteiger partial charge in [0.25, 0.3) is 5.91 Å². The van der Waals surface area contributed by atoms with Gasteiger partial charge in [0, 0.05) is 0 Å². The van der Waals surface area contributed by atoms with Crippen molar-refractivity contribution in [3.05, 3.63) is 65.5 Å². The summed E-state index contributed by atoms with van der Waals surface area (Å²) in [7, 11) is 1.60. The monoisotopic (exact) mass is 410 g/mol. The van der Waals surface area contributed by atoms with Gasteiger partial charge in [-0.1, -0.05) is 24.3 Å². The van der Waals surface area contributed by atoms with Crippen molar-refractivity contribution in [1.29, 1.82) is 0 Å². The fourth-order valence-corrected chi connectivity index (χ4v) is 4.65. The second kappa shape index (κ2) is 8.41. The third kappa shape index (κ3) is 4.00. The molecule has 0 spiro atoms. The van der Waals surface area contributed by atoms with Crippen molar-refractivity contribution in [3.8, 4) is 21.4 Å². The van der Waals surface area contributed by atoms with Crippen LogP contribution in [0.4, 0.5) is 0 Å². The number of carbonyl (C=O) groups is 1. The quantitative estimate of drug-likeness (QED) is 0.443. The summed E-state index contributed by atoms with van der Waals surface area (Å²) in [6.45, 7) is 0.771. The van der Waals surface area contributed by atoms with Crippen molar-refractivity contribution >= 4 is 38.8 Å². The van der Waals surface area contributed by atoms with E-state index < -0.39 is 0 Å². The number of hydrogen-bond acceptors (Lipinski definition) is 6. The van der Waals surface area contributed by atoms with Crippen molar-refractivity contribution in [3.63, 3.8) is 0 Å². The summed E-state index contributed by atoms with van der Waals surface area (Å²) < 4.78 is 12.1. The molecule has 0 aliphatic rings. The van der Waals surface area contributed by atoms with Gasteiger partial charge in [0.15, 0.2) is 11.5 Å². The molecule has 0 aliphatic carbocycles. The molecule has 0 unspecified atom stereocenters. The number of rotatable bonds is 7. The molecule has 0 radical (unpaired) electrons. The van der Waals surface area contributed by atoms with Crippen LogP contribution in [-0.2, 0) is 0 Å². The molecule has 2 aromatic carbocycles. The summed E-state index contributed by atoms with van der Waals surface area (Å²) in [4.78, 5) is 18.7. The molecule has 0 saturated carbocycles. The van der Waals surface area contributed by atoms with E-state index >= 15 is 0 Å². The molecule has 0 saturated heterocycles. The van der Waals surface area contributed by atoms with E-state index in [1.165, 1.54) is 11.3 Å². The SMILES string of the molecule is COc1ccccc1OCCNC(=O)c1ccc(-c2nc3ccccc3s2)s1. The second-order valence-corrected chi connectivity index (χ2v) is 8.02. The van der Waals surface area contributed by atoms with Crippen LogP contribution in [0.1, 0.15) is 9.67 Å². The van der Waals surface area contributed by atoms with Gasteiger partial charge in [-0.2, -0.15) is 0 Å². The highest BCUT2D eigenvalue weighted by atomic mass is 32.1. The van der Waals surface area contributed by atoms with E-state index in [4.69, 9.17) is 9.47 Å². The van der Waals surface area contributed by atoms with Crippen LogP contribution in [0.25, 0.3) is 20.1 Å².